The summed E-state index contributed by atoms with van der Waals surface area (Å²) in [7, 11) is 0. The Labute approximate surface area is 162 Å². The van der Waals surface area contributed by atoms with E-state index in [-0.39, 0.29) is 13.2 Å². The van der Waals surface area contributed by atoms with Gasteiger partial charge in [-0.25, -0.2) is 4.98 Å². The number of hydrogen-bond donors (Lipinski definition) is 4. The summed E-state index contributed by atoms with van der Waals surface area (Å²) in [5, 5.41) is 20.4. The minimum atomic E-state index is 0.0980. The van der Waals surface area contributed by atoms with E-state index in [1.165, 1.54) is 0 Å². The summed E-state index contributed by atoms with van der Waals surface area (Å²) >= 11 is 6.81. The number of nitrogen functional groups attached to an aromatic ring is 1. The zero-order valence-electron chi connectivity index (χ0n) is 13.5. The molecular weight excluding hydrogens is 452 g/mol. The molecule has 6 nitrogen and oxygen atoms in total. The smallest absolute Gasteiger partial charge is 0.0959 e. The molecule has 0 aliphatic rings. The molecule has 2 aromatic carbocycles. The van der Waals surface area contributed by atoms with Crippen LogP contribution in [0.2, 0.25) is 0 Å². The van der Waals surface area contributed by atoms with E-state index in [2.05, 4.69) is 42.2 Å². The summed E-state index contributed by atoms with van der Waals surface area (Å²) < 4.78 is 3.85. The predicted molar refractivity (Wildman–Crippen MR) is 109 cm³/mol. The molecule has 0 amide bonds. The standard InChI is InChI=1S/C9H9BrN2O.C8H11BrN2O/c10-7-2-1-3-8-9(7)12(4-5-13)6-11-8;9-6-2-1-3-7(10)8(6)11-4-5-12/h1-3,6,13H,4-5H2;1-3,11-12H,4-5,10H2. The Morgan fingerprint density at radius 1 is 1.04 bits per heavy atom. The van der Waals surface area contributed by atoms with E-state index in [9.17, 15) is 0 Å². The van der Waals surface area contributed by atoms with Crippen LogP contribution in [0.15, 0.2) is 51.7 Å². The summed E-state index contributed by atoms with van der Waals surface area (Å²) in [5.74, 6) is 0. The zero-order valence-corrected chi connectivity index (χ0v) is 16.7. The molecule has 8 heteroatoms. The van der Waals surface area contributed by atoms with Gasteiger partial charge in [-0.05, 0) is 56.1 Å². The molecule has 0 unspecified atom stereocenters. The number of benzene rings is 2. The lowest BCUT2D eigenvalue weighted by Gasteiger charge is -2.09. The first-order valence-electron chi connectivity index (χ1n) is 7.67. The van der Waals surface area contributed by atoms with E-state index in [1.54, 1.807) is 6.33 Å². The summed E-state index contributed by atoms with van der Waals surface area (Å²) in [6.07, 6.45) is 1.74. The molecule has 3 aromatic rings. The number of aromatic nitrogens is 2. The average molecular weight is 472 g/mol. The molecule has 0 radical (unpaired) electrons. The Hall–Kier alpha value is -1.61. The van der Waals surface area contributed by atoms with Crippen LogP contribution in [-0.4, -0.2) is 39.5 Å². The van der Waals surface area contributed by atoms with Crippen molar-refractivity contribution in [1.29, 1.82) is 0 Å². The lowest BCUT2D eigenvalue weighted by molar-refractivity contribution is 0.278. The van der Waals surface area contributed by atoms with Gasteiger partial charge in [-0.15, -0.1) is 0 Å². The number of para-hydroxylation sites is 2. The monoisotopic (exact) mass is 470 g/mol. The third-order valence-electron chi connectivity index (χ3n) is 3.39. The van der Waals surface area contributed by atoms with Crippen LogP contribution in [0.3, 0.4) is 0 Å². The highest BCUT2D eigenvalue weighted by atomic mass is 79.9. The molecule has 0 aliphatic carbocycles. The topological polar surface area (TPSA) is 96.3 Å². The number of hydrogen-bond acceptors (Lipinski definition) is 5. The maximum absolute atomic E-state index is 8.82. The van der Waals surface area contributed by atoms with E-state index < -0.39 is 0 Å². The van der Waals surface area contributed by atoms with E-state index in [1.807, 2.05) is 41.0 Å². The van der Waals surface area contributed by atoms with Crippen molar-refractivity contribution in [2.24, 2.45) is 0 Å². The number of nitrogens with two attached hydrogens (primary N) is 1. The molecule has 0 aliphatic heterocycles. The van der Waals surface area contributed by atoms with Crippen molar-refractivity contribution < 1.29 is 10.2 Å². The highest BCUT2D eigenvalue weighted by molar-refractivity contribution is 9.11. The number of fused-ring (bicyclic) bond motifs is 1. The lowest BCUT2D eigenvalue weighted by atomic mass is 10.3. The number of nitrogens with one attached hydrogen (secondary N) is 1. The van der Waals surface area contributed by atoms with Crippen LogP contribution >= 0.6 is 31.9 Å². The summed E-state index contributed by atoms with van der Waals surface area (Å²) in [6, 6.07) is 11.4. The summed E-state index contributed by atoms with van der Waals surface area (Å²) in [4.78, 5) is 4.22. The maximum atomic E-state index is 8.82. The van der Waals surface area contributed by atoms with Gasteiger partial charge in [0.2, 0.25) is 0 Å². The molecule has 0 fully saturated rings. The molecule has 3 rings (SSSR count). The van der Waals surface area contributed by atoms with Gasteiger partial charge in [0.1, 0.15) is 0 Å². The first-order chi connectivity index (χ1) is 12.1. The van der Waals surface area contributed by atoms with Crippen LogP contribution in [0.1, 0.15) is 0 Å². The fraction of sp³-hybridized carbons (Fsp3) is 0.235. The molecule has 1 aromatic heterocycles. The van der Waals surface area contributed by atoms with E-state index >= 15 is 0 Å². The molecule has 0 spiro atoms. The highest BCUT2D eigenvalue weighted by Gasteiger charge is 2.04. The molecule has 0 bridgehead atoms. The Bertz CT molecular complexity index is 803. The number of nitrogens with zero attached hydrogens (tertiary/aromatic N) is 2. The largest absolute Gasteiger partial charge is 0.397 e. The van der Waals surface area contributed by atoms with E-state index in [0.717, 1.165) is 25.7 Å². The van der Waals surface area contributed by atoms with Gasteiger partial charge in [0.05, 0.1) is 41.9 Å². The molecular formula is C17H20Br2N4O2. The number of imidazole rings is 1. The van der Waals surface area contributed by atoms with Gasteiger partial charge in [-0.1, -0.05) is 12.1 Å². The Balaban J connectivity index is 0.000000181. The van der Waals surface area contributed by atoms with E-state index in [0.29, 0.717) is 18.8 Å². The second-order valence-corrected chi connectivity index (χ2v) is 6.83. The lowest BCUT2D eigenvalue weighted by Crippen LogP contribution is -2.07. The average Bonchev–Trinajstić information content (AvgIpc) is 3.00. The number of rotatable bonds is 5. The van der Waals surface area contributed by atoms with Gasteiger partial charge in [-0.3, -0.25) is 0 Å². The van der Waals surface area contributed by atoms with Crippen molar-refractivity contribution in [3.8, 4) is 0 Å². The number of anilines is 2. The molecule has 0 saturated carbocycles. The molecule has 0 saturated heterocycles. The molecule has 134 valence electrons. The zero-order chi connectivity index (χ0) is 18.2. The Morgan fingerprint density at radius 2 is 1.76 bits per heavy atom. The molecule has 5 N–H and O–H groups in total. The van der Waals surface area contributed by atoms with Crippen molar-refractivity contribution >= 4 is 54.3 Å². The quantitative estimate of drug-likeness (QED) is 0.428. The minimum Gasteiger partial charge on any atom is -0.397 e. The second kappa shape index (κ2) is 9.76. The SMILES string of the molecule is Nc1cccc(Br)c1NCCO.OCCn1cnc2cccc(Br)c21. The number of aliphatic hydroxyl groups excluding tert-OH is 2. The van der Waals surface area contributed by atoms with Crippen LogP contribution in [0.25, 0.3) is 11.0 Å². The van der Waals surface area contributed by atoms with Crippen LogP contribution in [-0.2, 0) is 6.54 Å². The Kier molecular flexibility index (Phi) is 7.70. The van der Waals surface area contributed by atoms with Gasteiger partial charge < -0.3 is 25.8 Å². The molecule has 1 heterocycles. The summed E-state index contributed by atoms with van der Waals surface area (Å²) in [6.45, 7) is 1.32. The van der Waals surface area contributed by atoms with Gasteiger partial charge in [0.25, 0.3) is 0 Å². The highest BCUT2D eigenvalue weighted by Crippen LogP contribution is 2.27. The number of halogens is 2. The third kappa shape index (κ3) is 5.18. The van der Waals surface area contributed by atoms with Crippen molar-refractivity contribution in [2.45, 2.75) is 6.54 Å². The number of aliphatic hydroxyl groups is 2. The fourth-order valence-corrected chi connectivity index (χ4v) is 3.37. The van der Waals surface area contributed by atoms with Gasteiger partial charge in [0, 0.05) is 22.0 Å². The van der Waals surface area contributed by atoms with E-state index in [4.69, 9.17) is 15.9 Å². The van der Waals surface area contributed by atoms with Gasteiger partial charge >= 0.3 is 0 Å². The normalized spacial score (nSPS) is 10.4. The third-order valence-corrected chi connectivity index (χ3v) is 4.69. The maximum Gasteiger partial charge on any atom is 0.0959 e. The molecule has 0 atom stereocenters. The van der Waals surface area contributed by atoms with Crippen LogP contribution in [0.4, 0.5) is 11.4 Å². The van der Waals surface area contributed by atoms with Crippen LogP contribution < -0.4 is 11.1 Å². The molecule has 25 heavy (non-hydrogen) atoms. The fourth-order valence-electron chi connectivity index (χ4n) is 2.27. The van der Waals surface area contributed by atoms with Crippen molar-refractivity contribution in [3.63, 3.8) is 0 Å². The predicted octanol–water partition coefficient (Wildman–Crippen LogP) is 3.23. The summed E-state index contributed by atoms with van der Waals surface area (Å²) in [5.41, 5.74) is 9.19. The second-order valence-electron chi connectivity index (χ2n) is 5.12. The van der Waals surface area contributed by atoms with Crippen molar-refractivity contribution in [3.05, 3.63) is 51.7 Å². The van der Waals surface area contributed by atoms with Crippen LogP contribution in [0, 0.1) is 0 Å². The van der Waals surface area contributed by atoms with Crippen LogP contribution in [0.5, 0.6) is 0 Å². The first kappa shape index (κ1) is 19.7. The van der Waals surface area contributed by atoms with Gasteiger partial charge in [0.15, 0.2) is 0 Å². The van der Waals surface area contributed by atoms with Gasteiger partial charge in [-0.2, -0.15) is 0 Å². The van der Waals surface area contributed by atoms with Crippen molar-refractivity contribution in [2.75, 3.05) is 30.8 Å². The first-order valence-corrected chi connectivity index (χ1v) is 9.26. The minimum absolute atomic E-state index is 0.0980. The van der Waals surface area contributed by atoms with Crippen molar-refractivity contribution in [1.82, 2.24) is 9.55 Å². The Morgan fingerprint density at radius 3 is 2.44 bits per heavy atom.